The minimum Gasteiger partial charge on any atom is -0.383 e. The van der Waals surface area contributed by atoms with Gasteiger partial charge in [0.05, 0.1) is 28.9 Å². The Balaban J connectivity index is 2.30. The molecule has 3 N–H and O–H groups in total. The van der Waals surface area contributed by atoms with E-state index >= 15 is 0 Å². The molecule has 5 heteroatoms. The number of hydrogen-bond acceptors (Lipinski definition) is 4. The third-order valence-electron chi connectivity index (χ3n) is 3.33. The van der Waals surface area contributed by atoms with Crippen molar-refractivity contribution in [3.8, 4) is 0 Å². The second-order valence-electron chi connectivity index (χ2n) is 5.78. The van der Waals surface area contributed by atoms with Gasteiger partial charge in [-0.25, -0.2) is 0 Å². The van der Waals surface area contributed by atoms with Gasteiger partial charge in [0.2, 0.25) is 0 Å². The summed E-state index contributed by atoms with van der Waals surface area (Å²) in [7, 11) is 0. The van der Waals surface area contributed by atoms with Crippen LogP contribution in [-0.4, -0.2) is 27.2 Å². The number of nitrogens with zero attached hydrogens (tertiary/aromatic N) is 1. The number of aromatic nitrogens is 2. The molecule has 0 aliphatic carbocycles. The highest BCUT2D eigenvalue weighted by molar-refractivity contribution is 6.02. The number of ether oxygens (including phenoxy) is 1. The highest BCUT2D eigenvalue weighted by Gasteiger charge is 2.49. The Morgan fingerprint density at radius 3 is 2.59 bits per heavy atom. The fourth-order valence-electron chi connectivity index (χ4n) is 2.65. The number of carbonyl (C=O) groups excluding carboxylic acids is 1. The number of carbonyl (C=O) groups is 1. The van der Waals surface area contributed by atoms with Crippen LogP contribution < -0.4 is 5.73 Å². The smallest absolute Gasteiger partial charge is 0.174 e. The van der Waals surface area contributed by atoms with Crippen molar-refractivity contribution in [3.05, 3.63) is 11.8 Å². The van der Waals surface area contributed by atoms with Crippen molar-refractivity contribution in [3.63, 3.8) is 0 Å². The van der Waals surface area contributed by atoms with Gasteiger partial charge in [-0.3, -0.25) is 9.89 Å². The molecule has 1 atom stereocenters. The lowest BCUT2D eigenvalue weighted by Gasteiger charge is -2.26. The zero-order chi connectivity index (χ0) is 12.8. The predicted octanol–water partition coefficient (Wildman–Crippen LogP) is 1.77. The molecule has 0 spiro atoms. The monoisotopic (exact) mass is 237 g/mol. The molecule has 2 heterocycles. The molecule has 0 radical (unpaired) electrons. The van der Waals surface area contributed by atoms with Crippen molar-refractivity contribution in [2.24, 2.45) is 5.92 Å². The van der Waals surface area contributed by atoms with Gasteiger partial charge < -0.3 is 10.5 Å². The van der Waals surface area contributed by atoms with Crippen LogP contribution >= 0.6 is 0 Å². The lowest BCUT2D eigenvalue weighted by Crippen LogP contribution is -2.34. The van der Waals surface area contributed by atoms with E-state index in [1.807, 2.05) is 27.7 Å². The Hall–Kier alpha value is -1.36. The highest BCUT2D eigenvalue weighted by Crippen LogP contribution is 2.43. The Morgan fingerprint density at radius 2 is 2.18 bits per heavy atom. The van der Waals surface area contributed by atoms with Crippen LogP contribution in [0.3, 0.4) is 0 Å². The summed E-state index contributed by atoms with van der Waals surface area (Å²) in [6.45, 7) is 7.89. The molecule has 1 fully saturated rings. The van der Waals surface area contributed by atoms with E-state index < -0.39 is 5.60 Å². The van der Waals surface area contributed by atoms with E-state index in [4.69, 9.17) is 10.5 Å². The summed E-state index contributed by atoms with van der Waals surface area (Å²) >= 11 is 0. The van der Waals surface area contributed by atoms with Gasteiger partial charge in [-0.1, -0.05) is 0 Å². The van der Waals surface area contributed by atoms with Crippen LogP contribution in [0, 0.1) is 5.92 Å². The van der Waals surface area contributed by atoms with E-state index in [0.717, 1.165) is 0 Å². The first kappa shape index (κ1) is 12.1. The number of ketones is 1. The van der Waals surface area contributed by atoms with Crippen molar-refractivity contribution in [2.75, 3.05) is 5.73 Å². The summed E-state index contributed by atoms with van der Waals surface area (Å²) < 4.78 is 5.92. The van der Waals surface area contributed by atoms with E-state index in [1.54, 1.807) is 0 Å². The molecular formula is C12H19N3O2. The summed E-state index contributed by atoms with van der Waals surface area (Å²) in [6, 6.07) is 0. The number of nitrogens with one attached hydrogen (secondary N) is 1. The Morgan fingerprint density at radius 1 is 1.53 bits per heavy atom. The van der Waals surface area contributed by atoms with Crippen LogP contribution in [0.2, 0.25) is 0 Å². The average molecular weight is 237 g/mol. The van der Waals surface area contributed by atoms with Crippen molar-refractivity contribution in [1.29, 1.82) is 0 Å². The minimum atomic E-state index is -0.468. The highest BCUT2D eigenvalue weighted by atomic mass is 16.5. The molecule has 0 saturated carbocycles. The average Bonchev–Trinajstić information content (AvgIpc) is 2.66. The van der Waals surface area contributed by atoms with Crippen LogP contribution in [-0.2, 0) is 4.74 Å². The van der Waals surface area contributed by atoms with Gasteiger partial charge in [0, 0.05) is 0 Å². The number of aromatic amines is 1. The van der Waals surface area contributed by atoms with E-state index in [1.165, 1.54) is 6.20 Å². The molecular weight excluding hydrogens is 218 g/mol. The van der Waals surface area contributed by atoms with E-state index in [0.29, 0.717) is 17.8 Å². The second-order valence-corrected chi connectivity index (χ2v) is 5.78. The number of hydrogen-bond donors (Lipinski definition) is 2. The van der Waals surface area contributed by atoms with Crippen molar-refractivity contribution >= 4 is 11.6 Å². The normalized spacial score (nSPS) is 26.0. The molecule has 1 aromatic heterocycles. The standard InChI is InChI=1S/C12H19N3O2/c1-11(2)5-8(12(3,4)17-11)9(16)7-6-14-15-10(7)13/h6,8H,5H2,1-4H3,(H3,13,14,15). The Bertz CT molecular complexity index is 448. The summed E-state index contributed by atoms with van der Waals surface area (Å²) in [5.74, 6) is 0.153. The number of nitrogen functional groups attached to an aromatic ring is 1. The van der Waals surface area contributed by atoms with Crippen LogP contribution in [0.4, 0.5) is 5.82 Å². The van der Waals surface area contributed by atoms with Crippen molar-refractivity contribution in [1.82, 2.24) is 10.2 Å². The van der Waals surface area contributed by atoms with Crippen molar-refractivity contribution < 1.29 is 9.53 Å². The van der Waals surface area contributed by atoms with E-state index in [9.17, 15) is 4.79 Å². The number of nitrogens with two attached hydrogens (primary N) is 1. The molecule has 2 rings (SSSR count). The number of rotatable bonds is 2. The summed E-state index contributed by atoms with van der Waals surface area (Å²) in [5, 5.41) is 6.37. The quantitative estimate of drug-likeness (QED) is 0.768. The third kappa shape index (κ3) is 2.07. The molecule has 0 bridgehead atoms. The maximum absolute atomic E-state index is 12.4. The van der Waals surface area contributed by atoms with Gasteiger partial charge >= 0.3 is 0 Å². The number of anilines is 1. The van der Waals surface area contributed by atoms with Crippen LogP contribution in [0.15, 0.2) is 6.20 Å². The molecule has 0 amide bonds. The predicted molar refractivity (Wildman–Crippen MR) is 64.7 cm³/mol. The van der Waals surface area contributed by atoms with Gasteiger partial charge in [-0.05, 0) is 34.1 Å². The number of Topliss-reactive ketones (excluding diaryl/α,β-unsaturated/α-hetero) is 1. The zero-order valence-electron chi connectivity index (χ0n) is 10.7. The molecule has 0 aromatic carbocycles. The van der Waals surface area contributed by atoms with Gasteiger partial charge in [-0.15, -0.1) is 0 Å². The van der Waals surface area contributed by atoms with Crippen LogP contribution in [0.1, 0.15) is 44.5 Å². The summed E-state index contributed by atoms with van der Waals surface area (Å²) in [6.07, 6.45) is 2.18. The largest absolute Gasteiger partial charge is 0.383 e. The molecule has 94 valence electrons. The maximum Gasteiger partial charge on any atom is 0.174 e. The molecule has 1 aromatic rings. The lowest BCUT2D eigenvalue weighted by molar-refractivity contribution is -0.0712. The first-order chi connectivity index (χ1) is 7.73. The van der Waals surface area contributed by atoms with Gasteiger partial charge in [0.1, 0.15) is 5.82 Å². The maximum atomic E-state index is 12.4. The molecule has 1 aliphatic rings. The van der Waals surface area contributed by atoms with Gasteiger partial charge in [0.25, 0.3) is 0 Å². The Kier molecular flexibility index (Phi) is 2.54. The van der Waals surface area contributed by atoms with E-state index in [2.05, 4.69) is 10.2 Å². The lowest BCUT2D eigenvalue weighted by atomic mass is 9.82. The van der Waals surface area contributed by atoms with E-state index in [-0.39, 0.29) is 17.3 Å². The molecule has 17 heavy (non-hydrogen) atoms. The Labute approximate surface area is 101 Å². The van der Waals surface area contributed by atoms with Gasteiger partial charge in [0.15, 0.2) is 5.78 Å². The van der Waals surface area contributed by atoms with Gasteiger partial charge in [-0.2, -0.15) is 5.10 Å². The topological polar surface area (TPSA) is 81.0 Å². The van der Waals surface area contributed by atoms with Crippen LogP contribution in [0.25, 0.3) is 0 Å². The summed E-state index contributed by atoms with van der Waals surface area (Å²) in [5.41, 5.74) is 5.40. The minimum absolute atomic E-state index is 0.00632. The fourth-order valence-corrected chi connectivity index (χ4v) is 2.65. The van der Waals surface area contributed by atoms with Crippen LogP contribution in [0.5, 0.6) is 0 Å². The molecule has 1 saturated heterocycles. The fraction of sp³-hybridized carbons (Fsp3) is 0.667. The summed E-state index contributed by atoms with van der Waals surface area (Å²) in [4.78, 5) is 12.4. The zero-order valence-corrected chi connectivity index (χ0v) is 10.7. The molecule has 5 nitrogen and oxygen atoms in total. The molecule has 1 unspecified atom stereocenters. The SMILES string of the molecule is CC1(C)CC(C(=O)c2cn[nH]c2N)C(C)(C)O1. The first-order valence-electron chi connectivity index (χ1n) is 5.76. The first-order valence-corrected chi connectivity index (χ1v) is 5.76. The second kappa shape index (κ2) is 3.57. The number of H-pyrrole nitrogens is 1. The third-order valence-corrected chi connectivity index (χ3v) is 3.33. The molecule has 1 aliphatic heterocycles. The van der Waals surface area contributed by atoms with Crippen molar-refractivity contribution in [2.45, 2.75) is 45.3 Å².